The molecule has 1 aliphatic heterocycles. The van der Waals surface area contributed by atoms with Gasteiger partial charge in [0.1, 0.15) is 29.0 Å². The predicted octanol–water partition coefficient (Wildman–Crippen LogP) is 4.50. The number of hydrogen-bond acceptors (Lipinski definition) is 12. The van der Waals surface area contributed by atoms with Crippen molar-refractivity contribution in [3.8, 4) is 5.75 Å². The predicted molar refractivity (Wildman–Crippen MR) is 164 cm³/mol. The van der Waals surface area contributed by atoms with E-state index in [9.17, 15) is 18.5 Å². The van der Waals surface area contributed by atoms with Gasteiger partial charge in [-0.05, 0) is 51.7 Å². The highest BCUT2D eigenvalue weighted by Crippen LogP contribution is 2.48. The van der Waals surface area contributed by atoms with Crippen LogP contribution < -0.4 is 15.3 Å². The highest BCUT2D eigenvalue weighted by Gasteiger charge is 2.52. The van der Waals surface area contributed by atoms with Crippen LogP contribution >= 0.6 is 7.75 Å². The minimum absolute atomic E-state index is 0.0335. The van der Waals surface area contributed by atoms with E-state index >= 15 is 0 Å². The molecule has 1 aliphatic carbocycles. The maximum atomic E-state index is 14.3. The maximum Gasteiger partial charge on any atom is 0.459 e. The van der Waals surface area contributed by atoms with E-state index in [0.29, 0.717) is 0 Å². The lowest BCUT2D eigenvalue weighted by Crippen LogP contribution is -2.47. The Bertz CT molecular complexity index is 1590. The first-order valence-corrected chi connectivity index (χ1v) is 16.9. The number of carbonyl (C=O) groups is 2. The molecule has 2 fully saturated rings. The minimum Gasteiger partial charge on any atom is -0.461 e. The molecule has 2 aliphatic rings. The number of benzene rings is 1. The maximum absolute atomic E-state index is 14.3. The number of nitrogens with two attached hydrogens (primary N) is 1. The van der Waals surface area contributed by atoms with Gasteiger partial charge < -0.3 is 29.0 Å². The zero-order valence-corrected chi connectivity index (χ0v) is 27.2. The van der Waals surface area contributed by atoms with Gasteiger partial charge in [-0.25, -0.2) is 9.55 Å². The zero-order chi connectivity index (χ0) is 33.1. The summed E-state index contributed by atoms with van der Waals surface area (Å²) in [5, 5.41) is 2.71. The fraction of sp³-hybridized carbons (Fsp3) is 0.567. The van der Waals surface area contributed by atoms with Crippen LogP contribution in [0, 0.1) is 12.0 Å². The Morgan fingerprint density at radius 3 is 2.54 bits per heavy atom. The lowest BCUT2D eigenvalue weighted by molar-refractivity contribution is -0.165. The fourth-order valence-corrected chi connectivity index (χ4v) is 7.07. The quantitative estimate of drug-likeness (QED) is 0.157. The summed E-state index contributed by atoms with van der Waals surface area (Å²) in [6.07, 6.45) is 3.70. The summed E-state index contributed by atoms with van der Waals surface area (Å²) < 4.78 is 59.5. The first-order valence-electron chi connectivity index (χ1n) is 15.3. The molecular weight excluding hydrogens is 622 g/mol. The SMILES string of the molecule is CC(C)C(=O)O[C@H]1[C@H](n2cnc3c(N)nc(F)nc32)CO[C@]1(C)CO[P@@](=O)(N[C@@H](C)C(=O)OC1CCCCC1)Oc1ccccc1. The van der Waals surface area contributed by atoms with Gasteiger partial charge in [-0.3, -0.25) is 14.1 Å². The van der Waals surface area contributed by atoms with Crippen molar-refractivity contribution in [1.82, 2.24) is 24.6 Å². The molecule has 1 aromatic carbocycles. The van der Waals surface area contributed by atoms with Crippen molar-refractivity contribution in [3.63, 3.8) is 0 Å². The Morgan fingerprint density at radius 1 is 1.13 bits per heavy atom. The Hall–Kier alpha value is -3.65. The number of imidazole rings is 1. The summed E-state index contributed by atoms with van der Waals surface area (Å²) in [5.74, 6) is -1.53. The number of aromatic nitrogens is 4. The normalized spacial score (nSPS) is 24.0. The topological polar surface area (TPSA) is 179 Å². The number of halogens is 1. The molecule has 3 heterocycles. The Morgan fingerprint density at radius 2 is 1.85 bits per heavy atom. The van der Waals surface area contributed by atoms with E-state index < -0.39 is 62.1 Å². The number of fused-ring (bicyclic) bond motifs is 1. The van der Waals surface area contributed by atoms with Gasteiger partial charge in [0, 0.05) is 0 Å². The van der Waals surface area contributed by atoms with E-state index in [2.05, 4.69) is 20.0 Å². The van der Waals surface area contributed by atoms with Gasteiger partial charge in [0.05, 0.1) is 31.5 Å². The highest BCUT2D eigenvalue weighted by atomic mass is 31.2. The van der Waals surface area contributed by atoms with E-state index in [-0.39, 0.29) is 35.4 Å². The largest absolute Gasteiger partial charge is 0.461 e. The van der Waals surface area contributed by atoms with E-state index in [1.54, 1.807) is 51.1 Å². The molecule has 5 atom stereocenters. The number of rotatable bonds is 12. The minimum atomic E-state index is -4.29. The van der Waals surface area contributed by atoms with Crippen LogP contribution in [-0.2, 0) is 32.9 Å². The van der Waals surface area contributed by atoms with Crippen LogP contribution in [0.4, 0.5) is 10.2 Å². The number of ether oxygens (including phenoxy) is 3. The second-order valence-electron chi connectivity index (χ2n) is 12.1. The zero-order valence-electron chi connectivity index (χ0n) is 26.3. The van der Waals surface area contributed by atoms with Crippen molar-refractivity contribution in [3.05, 3.63) is 42.7 Å². The second-order valence-corrected chi connectivity index (χ2v) is 13.8. The van der Waals surface area contributed by atoms with Gasteiger partial charge in [0.15, 0.2) is 17.6 Å². The third kappa shape index (κ3) is 7.65. The van der Waals surface area contributed by atoms with Crippen LogP contribution in [0.3, 0.4) is 0 Å². The van der Waals surface area contributed by atoms with E-state index in [4.69, 9.17) is 29.0 Å². The van der Waals surface area contributed by atoms with Crippen molar-refractivity contribution < 1.29 is 41.8 Å². The van der Waals surface area contributed by atoms with Crippen LogP contribution in [0.15, 0.2) is 36.7 Å². The third-order valence-corrected chi connectivity index (χ3v) is 9.68. The van der Waals surface area contributed by atoms with Crippen LogP contribution in [0.1, 0.15) is 65.8 Å². The molecule has 3 aromatic rings. The molecule has 46 heavy (non-hydrogen) atoms. The summed E-state index contributed by atoms with van der Waals surface area (Å²) in [6.45, 7) is 6.06. The molecule has 250 valence electrons. The standard InChI is InChI=1S/C30H40FN6O8P/c1-18(2)27(38)44-24-22(37-17-33-23-25(32)34-29(31)35-26(23)37)15-41-30(24,4)16-42-46(40,45-21-13-9-6-10-14-21)36-19(3)28(39)43-20-11-7-5-8-12-20/h6,9-10,13-14,17-20,22,24H,5,7-8,11-12,15-16H2,1-4H3,(H,36,40)(H2,32,34,35)/t19-,22+,24-,30+,46-/m0/s1. The number of nitrogens with one attached hydrogen (secondary N) is 1. The summed E-state index contributed by atoms with van der Waals surface area (Å²) in [6, 6.07) is 6.55. The van der Waals surface area contributed by atoms with Crippen molar-refractivity contribution >= 4 is 36.7 Å². The molecule has 5 rings (SSSR count). The van der Waals surface area contributed by atoms with Gasteiger partial charge in [0.2, 0.25) is 0 Å². The van der Waals surface area contributed by atoms with Crippen LogP contribution in [-0.4, -0.2) is 68.5 Å². The molecular formula is C30H40FN6O8P. The molecule has 16 heteroatoms. The molecule has 0 amide bonds. The summed E-state index contributed by atoms with van der Waals surface area (Å²) >= 11 is 0. The average molecular weight is 663 g/mol. The molecule has 0 spiro atoms. The molecule has 1 saturated carbocycles. The van der Waals surface area contributed by atoms with Crippen molar-refractivity contribution in [2.75, 3.05) is 18.9 Å². The Balaban J connectivity index is 1.40. The fourth-order valence-electron chi connectivity index (χ4n) is 5.48. The number of esters is 2. The van der Waals surface area contributed by atoms with Gasteiger partial charge >= 0.3 is 25.8 Å². The summed E-state index contributed by atoms with van der Waals surface area (Å²) in [5.41, 5.74) is 4.71. The lowest BCUT2D eigenvalue weighted by atomic mass is 9.96. The number of hydrogen-bond donors (Lipinski definition) is 2. The second kappa shape index (κ2) is 14.0. The van der Waals surface area contributed by atoms with E-state index in [1.807, 2.05) is 0 Å². The monoisotopic (exact) mass is 662 g/mol. The Kier molecular flexibility index (Phi) is 10.3. The first kappa shape index (κ1) is 33.7. The number of anilines is 1. The third-order valence-electron chi connectivity index (χ3n) is 8.06. The van der Waals surface area contributed by atoms with Crippen molar-refractivity contribution in [2.45, 2.75) is 89.7 Å². The first-order chi connectivity index (χ1) is 21.9. The summed E-state index contributed by atoms with van der Waals surface area (Å²) in [4.78, 5) is 37.5. The number of para-hydroxylation sites is 1. The van der Waals surface area contributed by atoms with E-state index in [1.165, 1.54) is 17.8 Å². The lowest BCUT2D eigenvalue weighted by Gasteiger charge is -2.33. The smallest absolute Gasteiger partial charge is 0.459 e. The molecule has 0 bridgehead atoms. The number of nitrogen functional groups attached to an aromatic ring is 1. The molecule has 3 N–H and O–H groups in total. The molecule has 0 unspecified atom stereocenters. The molecule has 2 aromatic heterocycles. The summed E-state index contributed by atoms with van der Waals surface area (Å²) in [7, 11) is -4.29. The average Bonchev–Trinajstić information content (AvgIpc) is 3.58. The Labute approximate surface area is 266 Å². The van der Waals surface area contributed by atoms with Gasteiger partial charge in [-0.15, -0.1) is 0 Å². The molecule has 1 saturated heterocycles. The van der Waals surface area contributed by atoms with Crippen LogP contribution in [0.25, 0.3) is 11.2 Å². The van der Waals surface area contributed by atoms with Crippen LogP contribution in [0.5, 0.6) is 5.75 Å². The van der Waals surface area contributed by atoms with Crippen LogP contribution in [0.2, 0.25) is 0 Å². The number of carbonyl (C=O) groups excluding carboxylic acids is 2. The highest BCUT2D eigenvalue weighted by molar-refractivity contribution is 7.52. The van der Waals surface area contributed by atoms with Gasteiger partial charge in [-0.2, -0.15) is 19.4 Å². The van der Waals surface area contributed by atoms with Crippen molar-refractivity contribution in [1.29, 1.82) is 0 Å². The van der Waals surface area contributed by atoms with Gasteiger partial charge in [0.25, 0.3) is 0 Å². The van der Waals surface area contributed by atoms with E-state index in [0.717, 1.165) is 32.1 Å². The number of nitrogens with zero attached hydrogens (tertiary/aromatic N) is 4. The van der Waals surface area contributed by atoms with Crippen molar-refractivity contribution in [2.24, 2.45) is 5.92 Å². The van der Waals surface area contributed by atoms with Gasteiger partial charge in [-0.1, -0.05) is 38.5 Å². The molecule has 14 nitrogen and oxygen atoms in total. The molecule has 0 radical (unpaired) electrons.